The number of morpholine rings is 1. The van der Waals surface area contributed by atoms with Gasteiger partial charge in [-0.3, -0.25) is 0 Å². The predicted octanol–water partition coefficient (Wildman–Crippen LogP) is 1.86. The molecule has 1 aromatic carbocycles. The van der Waals surface area contributed by atoms with Gasteiger partial charge in [-0.05, 0) is 13.0 Å². The van der Waals surface area contributed by atoms with Crippen molar-refractivity contribution in [3.05, 3.63) is 35.4 Å². The van der Waals surface area contributed by atoms with E-state index in [-0.39, 0.29) is 24.4 Å². The van der Waals surface area contributed by atoms with Gasteiger partial charge in [0.15, 0.2) is 11.6 Å². The molecule has 0 bridgehead atoms. The van der Waals surface area contributed by atoms with Gasteiger partial charge in [0.2, 0.25) is 0 Å². The zero-order valence-electron chi connectivity index (χ0n) is 10.3. The van der Waals surface area contributed by atoms with Crippen LogP contribution in [0.5, 0.6) is 0 Å². The maximum atomic E-state index is 13.3. The molecule has 0 amide bonds. The lowest BCUT2D eigenvalue weighted by Crippen LogP contribution is -2.45. The highest BCUT2D eigenvalue weighted by Gasteiger charge is 2.18. The van der Waals surface area contributed by atoms with Crippen molar-refractivity contribution in [2.24, 2.45) is 0 Å². The molecule has 18 heavy (non-hydrogen) atoms. The van der Waals surface area contributed by atoms with E-state index in [1.54, 1.807) is 0 Å². The lowest BCUT2D eigenvalue weighted by atomic mass is 10.2. The summed E-state index contributed by atoms with van der Waals surface area (Å²) in [5.74, 6) is -1.69. The second-order valence-corrected chi connectivity index (χ2v) is 4.46. The molecule has 0 aliphatic carbocycles. The molecule has 1 aromatic rings. The molecule has 1 saturated heterocycles. The van der Waals surface area contributed by atoms with Gasteiger partial charge in [-0.2, -0.15) is 0 Å². The summed E-state index contributed by atoms with van der Waals surface area (Å²) in [7, 11) is 0. The maximum absolute atomic E-state index is 13.3. The van der Waals surface area contributed by atoms with Crippen LogP contribution >= 0.6 is 0 Å². The number of halogens is 2. The lowest BCUT2D eigenvalue weighted by molar-refractivity contribution is -0.0719. The summed E-state index contributed by atoms with van der Waals surface area (Å²) in [6.07, 6.45) is 0.114. The van der Waals surface area contributed by atoms with E-state index in [1.807, 2.05) is 6.92 Å². The van der Waals surface area contributed by atoms with Crippen molar-refractivity contribution in [3.63, 3.8) is 0 Å². The van der Waals surface area contributed by atoms with E-state index in [4.69, 9.17) is 9.47 Å². The van der Waals surface area contributed by atoms with Crippen LogP contribution in [0.1, 0.15) is 12.5 Å². The van der Waals surface area contributed by atoms with Crippen LogP contribution in [0.2, 0.25) is 0 Å². The van der Waals surface area contributed by atoms with E-state index in [0.29, 0.717) is 6.61 Å². The third kappa shape index (κ3) is 3.48. The van der Waals surface area contributed by atoms with Crippen LogP contribution < -0.4 is 5.32 Å². The molecular formula is C13H17F2NO2. The summed E-state index contributed by atoms with van der Waals surface area (Å²) in [4.78, 5) is 0. The summed E-state index contributed by atoms with van der Waals surface area (Å²) >= 11 is 0. The molecule has 1 aliphatic heterocycles. The molecule has 2 unspecified atom stereocenters. The number of benzene rings is 1. The molecule has 2 rings (SSSR count). The van der Waals surface area contributed by atoms with Gasteiger partial charge >= 0.3 is 0 Å². The van der Waals surface area contributed by atoms with Crippen LogP contribution in [0.15, 0.2) is 18.2 Å². The maximum Gasteiger partial charge on any atom is 0.164 e. The van der Waals surface area contributed by atoms with Gasteiger partial charge in [0.1, 0.15) is 0 Å². The Labute approximate surface area is 105 Å². The highest BCUT2D eigenvalue weighted by atomic mass is 19.2. The standard InChI is InChI=1S/C13H17F2NO2/c1-9-5-16-6-11(18-9)8-17-7-10-3-2-4-12(14)13(10)15/h2-4,9,11,16H,5-8H2,1H3. The van der Waals surface area contributed by atoms with Gasteiger partial charge in [-0.15, -0.1) is 0 Å². The number of ether oxygens (including phenoxy) is 2. The zero-order chi connectivity index (χ0) is 13.0. The number of rotatable bonds is 4. The minimum atomic E-state index is -0.847. The van der Waals surface area contributed by atoms with Crippen LogP contribution in [0.4, 0.5) is 8.78 Å². The second kappa shape index (κ2) is 6.22. The number of hydrogen-bond donors (Lipinski definition) is 1. The highest BCUT2D eigenvalue weighted by molar-refractivity contribution is 5.17. The fourth-order valence-corrected chi connectivity index (χ4v) is 1.93. The predicted molar refractivity (Wildman–Crippen MR) is 63.2 cm³/mol. The van der Waals surface area contributed by atoms with E-state index >= 15 is 0 Å². The first-order valence-electron chi connectivity index (χ1n) is 6.03. The van der Waals surface area contributed by atoms with E-state index in [0.717, 1.165) is 19.2 Å². The summed E-state index contributed by atoms with van der Waals surface area (Å²) in [5.41, 5.74) is 0.229. The molecule has 1 aliphatic rings. The molecule has 0 spiro atoms. The van der Waals surface area contributed by atoms with Crippen molar-refractivity contribution in [3.8, 4) is 0 Å². The first-order valence-corrected chi connectivity index (χ1v) is 6.03. The molecule has 1 heterocycles. The van der Waals surface area contributed by atoms with Gasteiger partial charge in [0, 0.05) is 18.7 Å². The van der Waals surface area contributed by atoms with Crippen molar-refractivity contribution >= 4 is 0 Å². The third-order valence-electron chi connectivity index (χ3n) is 2.82. The Morgan fingerprint density at radius 1 is 1.39 bits per heavy atom. The van der Waals surface area contributed by atoms with Crippen molar-refractivity contribution in [1.82, 2.24) is 5.32 Å². The summed E-state index contributed by atoms with van der Waals surface area (Å²) in [5, 5.41) is 3.21. The van der Waals surface area contributed by atoms with Crippen LogP contribution in [0, 0.1) is 11.6 Å². The van der Waals surface area contributed by atoms with Gasteiger partial charge in [0.05, 0.1) is 25.4 Å². The molecule has 0 radical (unpaired) electrons. The average molecular weight is 257 g/mol. The van der Waals surface area contributed by atoms with Crippen LogP contribution in [0.3, 0.4) is 0 Å². The van der Waals surface area contributed by atoms with Crippen molar-refractivity contribution in [2.75, 3.05) is 19.7 Å². The van der Waals surface area contributed by atoms with E-state index < -0.39 is 11.6 Å². The first-order chi connectivity index (χ1) is 8.66. The van der Waals surface area contributed by atoms with E-state index in [9.17, 15) is 8.78 Å². The van der Waals surface area contributed by atoms with Gasteiger partial charge in [0.25, 0.3) is 0 Å². The number of nitrogens with one attached hydrogen (secondary N) is 1. The van der Waals surface area contributed by atoms with Gasteiger partial charge < -0.3 is 14.8 Å². The Morgan fingerprint density at radius 3 is 3.00 bits per heavy atom. The smallest absolute Gasteiger partial charge is 0.164 e. The normalized spacial score (nSPS) is 24.2. The third-order valence-corrected chi connectivity index (χ3v) is 2.82. The van der Waals surface area contributed by atoms with Crippen molar-refractivity contribution < 1.29 is 18.3 Å². The Hall–Kier alpha value is -1.04. The Balaban J connectivity index is 1.79. The number of hydrogen-bond acceptors (Lipinski definition) is 3. The Kier molecular flexibility index (Phi) is 4.63. The molecular weight excluding hydrogens is 240 g/mol. The van der Waals surface area contributed by atoms with Gasteiger partial charge in [-0.25, -0.2) is 8.78 Å². The Morgan fingerprint density at radius 2 is 2.22 bits per heavy atom. The second-order valence-electron chi connectivity index (χ2n) is 4.46. The van der Waals surface area contributed by atoms with Crippen LogP contribution in [-0.4, -0.2) is 31.9 Å². The van der Waals surface area contributed by atoms with Crippen molar-refractivity contribution in [1.29, 1.82) is 0 Å². The lowest BCUT2D eigenvalue weighted by Gasteiger charge is -2.28. The Bertz CT molecular complexity index is 401. The zero-order valence-corrected chi connectivity index (χ0v) is 10.3. The molecule has 1 N–H and O–H groups in total. The first kappa shape index (κ1) is 13.4. The van der Waals surface area contributed by atoms with E-state index in [1.165, 1.54) is 12.1 Å². The van der Waals surface area contributed by atoms with Crippen molar-refractivity contribution in [2.45, 2.75) is 25.7 Å². The SMILES string of the molecule is CC1CNCC(COCc2cccc(F)c2F)O1. The summed E-state index contributed by atoms with van der Waals surface area (Å²) in [6, 6.07) is 4.08. The highest BCUT2D eigenvalue weighted by Crippen LogP contribution is 2.13. The molecule has 3 nitrogen and oxygen atoms in total. The fraction of sp³-hybridized carbons (Fsp3) is 0.538. The average Bonchev–Trinajstić information content (AvgIpc) is 2.35. The fourth-order valence-electron chi connectivity index (χ4n) is 1.93. The molecule has 1 fully saturated rings. The van der Waals surface area contributed by atoms with Crippen LogP contribution in [-0.2, 0) is 16.1 Å². The molecule has 5 heteroatoms. The molecule has 100 valence electrons. The summed E-state index contributed by atoms with van der Waals surface area (Å²) < 4.78 is 37.3. The molecule has 0 saturated carbocycles. The largest absolute Gasteiger partial charge is 0.374 e. The van der Waals surface area contributed by atoms with Crippen LogP contribution in [0.25, 0.3) is 0 Å². The quantitative estimate of drug-likeness (QED) is 0.893. The van der Waals surface area contributed by atoms with Gasteiger partial charge in [-0.1, -0.05) is 12.1 Å². The van der Waals surface area contributed by atoms with E-state index in [2.05, 4.69) is 5.32 Å². The minimum Gasteiger partial charge on any atom is -0.374 e. The summed E-state index contributed by atoms with van der Waals surface area (Å²) in [6.45, 7) is 3.95. The molecule has 0 aromatic heterocycles. The minimum absolute atomic E-state index is 0.0367. The monoisotopic (exact) mass is 257 g/mol. The molecule has 2 atom stereocenters. The topological polar surface area (TPSA) is 30.5 Å².